The molecule has 122 valence electrons. The van der Waals surface area contributed by atoms with Gasteiger partial charge in [0.25, 0.3) is 11.6 Å². The van der Waals surface area contributed by atoms with Crippen LogP contribution in [0.3, 0.4) is 0 Å². The second-order valence-electron chi connectivity index (χ2n) is 5.12. The quantitative estimate of drug-likeness (QED) is 0.551. The number of fused-ring (bicyclic) bond motifs is 1. The topological polar surface area (TPSA) is 97.3 Å². The first kappa shape index (κ1) is 15.5. The minimum atomic E-state index is -0.466. The number of hydrogen-bond donors (Lipinski definition) is 2. The number of rotatable bonds is 5. The van der Waals surface area contributed by atoms with Crippen molar-refractivity contribution in [3.63, 3.8) is 0 Å². The summed E-state index contributed by atoms with van der Waals surface area (Å²) in [6.45, 7) is 2.48. The summed E-state index contributed by atoms with van der Waals surface area (Å²) < 4.78 is 5.35. The lowest BCUT2D eigenvalue weighted by Crippen LogP contribution is -2.12. The molecular formula is C17H15N3O4. The van der Waals surface area contributed by atoms with Crippen LogP contribution < -0.4 is 10.1 Å². The number of carbonyl (C=O) groups is 1. The third-order valence-corrected chi connectivity index (χ3v) is 3.48. The summed E-state index contributed by atoms with van der Waals surface area (Å²) in [5, 5.41) is 14.2. The highest BCUT2D eigenvalue weighted by atomic mass is 16.6. The van der Waals surface area contributed by atoms with Crippen molar-refractivity contribution in [1.29, 1.82) is 0 Å². The maximum atomic E-state index is 12.3. The number of benzene rings is 2. The van der Waals surface area contributed by atoms with Gasteiger partial charge in [0.2, 0.25) is 0 Å². The second-order valence-corrected chi connectivity index (χ2v) is 5.12. The van der Waals surface area contributed by atoms with Crippen LogP contribution in [0.15, 0.2) is 48.5 Å². The van der Waals surface area contributed by atoms with E-state index in [1.54, 1.807) is 36.4 Å². The van der Waals surface area contributed by atoms with Crippen molar-refractivity contribution in [2.24, 2.45) is 0 Å². The summed E-state index contributed by atoms with van der Waals surface area (Å²) in [5.74, 6) is 0.409. The van der Waals surface area contributed by atoms with Crippen LogP contribution in [0.1, 0.15) is 17.4 Å². The fourth-order valence-corrected chi connectivity index (χ4v) is 2.36. The van der Waals surface area contributed by atoms with Crippen molar-refractivity contribution in [3.05, 3.63) is 64.3 Å². The van der Waals surface area contributed by atoms with E-state index in [0.717, 1.165) is 5.75 Å². The number of carbonyl (C=O) groups excluding carboxylic acids is 1. The largest absolute Gasteiger partial charge is 0.494 e. The Labute approximate surface area is 137 Å². The molecule has 3 aromatic rings. The van der Waals surface area contributed by atoms with Crippen LogP contribution in [-0.4, -0.2) is 22.4 Å². The molecule has 24 heavy (non-hydrogen) atoms. The molecule has 0 bridgehead atoms. The molecule has 7 nitrogen and oxygen atoms in total. The standard InChI is InChI=1S/C17H15N3O4/c1-2-24-14-6-3-12(4-7-14)18-17(21)16-10-11-9-13(20(22)23)5-8-15(11)19-16/h3-10,19H,2H2,1H3,(H,18,21). The van der Waals surface area contributed by atoms with Crippen LogP contribution in [0.2, 0.25) is 0 Å². The van der Waals surface area contributed by atoms with Crippen LogP contribution >= 0.6 is 0 Å². The lowest BCUT2D eigenvalue weighted by Gasteiger charge is -2.06. The van der Waals surface area contributed by atoms with Gasteiger partial charge in [-0.1, -0.05) is 0 Å². The molecule has 0 aliphatic heterocycles. The van der Waals surface area contributed by atoms with Crippen molar-refractivity contribution >= 4 is 28.2 Å². The van der Waals surface area contributed by atoms with Crippen molar-refractivity contribution < 1.29 is 14.5 Å². The number of ether oxygens (including phenoxy) is 1. The van der Waals surface area contributed by atoms with Gasteiger partial charge in [-0.2, -0.15) is 0 Å². The lowest BCUT2D eigenvalue weighted by atomic mass is 10.2. The zero-order valence-corrected chi connectivity index (χ0v) is 12.9. The molecule has 0 radical (unpaired) electrons. The highest BCUT2D eigenvalue weighted by Crippen LogP contribution is 2.22. The molecule has 0 aliphatic carbocycles. The molecule has 1 heterocycles. The first-order valence-electron chi connectivity index (χ1n) is 7.38. The third kappa shape index (κ3) is 3.19. The monoisotopic (exact) mass is 325 g/mol. The fraction of sp³-hybridized carbons (Fsp3) is 0.118. The van der Waals surface area contributed by atoms with Gasteiger partial charge in [0.1, 0.15) is 11.4 Å². The number of hydrogen-bond acceptors (Lipinski definition) is 4. The Morgan fingerprint density at radius 1 is 1.21 bits per heavy atom. The Hall–Kier alpha value is -3.35. The van der Waals surface area contributed by atoms with Gasteiger partial charge < -0.3 is 15.0 Å². The molecule has 0 aliphatic rings. The van der Waals surface area contributed by atoms with Crippen molar-refractivity contribution in [3.8, 4) is 5.75 Å². The van der Waals surface area contributed by atoms with Gasteiger partial charge in [-0.05, 0) is 43.3 Å². The SMILES string of the molecule is CCOc1ccc(NC(=O)c2cc3cc([N+](=O)[O-])ccc3[nH]2)cc1. The molecule has 1 aromatic heterocycles. The molecular weight excluding hydrogens is 310 g/mol. The van der Waals surface area contributed by atoms with E-state index in [0.29, 0.717) is 28.9 Å². The Bertz CT molecular complexity index is 900. The predicted molar refractivity (Wildman–Crippen MR) is 90.5 cm³/mol. The number of aromatic nitrogens is 1. The summed E-state index contributed by atoms with van der Waals surface area (Å²) in [5.41, 5.74) is 1.62. The molecule has 0 saturated carbocycles. The van der Waals surface area contributed by atoms with Crippen molar-refractivity contribution in [1.82, 2.24) is 4.98 Å². The molecule has 2 aromatic carbocycles. The molecule has 0 saturated heterocycles. The molecule has 7 heteroatoms. The highest BCUT2D eigenvalue weighted by Gasteiger charge is 2.13. The Morgan fingerprint density at radius 2 is 1.96 bits per heavy atom. The van der Waals surface area contributed by atoms with Crippen LogP contribution in [0.5, 0.6) is 5.75 Å². The van der Waals surface area contributed by atoms with Crippen LogP contribution in [0, 0.1) is 10.1 Å². The Morgan fingerprint density at radius 3 is 2.62 bits per heavy atom. The van der Waals surface area contributed by atoms with E-state index in [9.17, 15) is 14.9 Å². The van der Waals surface area contributed by atoms with Crippen molar-refractivity contribution in [2.75, 3.05) is 11.9 Å². The van der Waals surface area contributed by atoms with E-state index < -0.39 is 4.92 Å². The average Bonchev–Trinajstić information content (AvgIpc) is 3.00. The van der Waals surface area contributed by atoms with Gasteiger partial charge in [-0.3, -0.25) is 14.9 Å². The van der Waals surface area contributed by atoms with Gasteiger partial charge >= 0.3 is 0 Å². The van der Waals surface area contributed by atoms with E-state index in [1.165, 1.54) is 12.1 Å². The summed E-state index contributed by atoms with van der Waals surface area (Å²) >= 11 is 0. The molecule has 0 fully saturated rings. The first-order valence-corrected chi connectivity index (χ1v) is 7.38. The van der Waals surface area contributed by atoms with Gasteiger partial charge in [-0.15, -0.1) is 0 Å². The van der Waals surface area contributed by atoms with Gasteiger partial charge in [-0.25, -0.2) is 0 Å². The second kappa shape index (κ2) is 6.41. The van der Waals surface area contributed by atoms with Crippen LogP contribution in [0.4, 0.5) is 11.4 Å². The third-order valence-electron chi connectivity index (χ3n) is 3.48. The predicted octanol–water partition coefficient (Wildman–Crippen LogP) is 3.73. The normalized spacial score (nSPS) is 10.5. The molecule has 1 amide bonds. The number of nitrogens with zero attached hydrogens (tertiary/aromatic N) is 1. The number of nitro benzene ring substituents is 1. The Balaban J connectivity index is 1.79. The number of nitrogens with one attached hydrogen (secondary N) is 2. The van der Waals surface area contributed by atoms with E-state index in [4.69, 9.17) is 4.74 Å². The number of aromatic amines is 1. The first-order chi connectivity index (χ1) is 11.6. The van der Waals surface area contributed by atoms with E-state index in [1.807, 2.05) is 6.92 Å². The van der Waals surface area contributed by atoms with Crippen molar-refractivity contribution in [2.45, 2.75) is 6.92 Å². The van der Waals surface area contributed by atoms with Gasteiger partial charge in [0, 0.05) is 28.7 Å². The van der Waals surface area contributed by atoms with Gasteiger partial charge in [0.05, 0.1) is 11.5 Å². The molecule has 2 N–H and O–H groups in total. The molecule has 0 spiro atoms. The van der Waals surface area contributed by atoms with Crippen LogP contribution in [-0.2, 0) is 0 Å². The zero-order chi connectivity index (χ0) is 17.1. The lowest BCUT2D eigenvalue weighted by molar-refractivity contribution is -0.384. The molecule has 0 atom stereocenters. The van der Waals surface area contributed by atoms with E-state index >= 15 is 0 Å². The number of amides is 1. The van der Waals surface area contributed by atoms with Crippen LogP contribution in [0.25, 0.3) is 10.9 Å². The highest BCUT2D eigenvalue weighted by molar-refractivity contribution is 6.06. The summed E-state index contributed by atoms with van der Waals surface area (Å²) in [4.78, 5) is 25.6. The number of anilines is 1. The molecule has 3 rings (SSSR count). The molecule has 0 unspecified atom stereocenters. The minimum absolute atomic E-state index is 0.0139. The average molecular weight is 325 g/mol. The number of nitro groups is 1. The smallest absolute Gasteiger partial charge is 0.272 e. The zero-order valence-electron chi connectivity index (χ0n) is 12.9. The summed E-state index contributed by atoms with van der Waals surface area (Å²) in [6.07, 6.45) is 0. The van der Waals surface area contributed by atoms with E-state index in [-0.39, 0.29) is 11.6 Å². The van der Waals surface area contributed by atoms with Gasteiger partial charge in [0.15, 0.2) is 0 Å². The maximum Gasteiger partial charge on any atom is 0.272 e. The summed E-state index contributed by atoms with van der Waals surface area (Å²) in [7, 11) is 0. The minimum Gasteiger partial charge on any atom is -0.494 e. The fourth-order valence-electron chi connectivity index (χ4n) is 2.36. The number of H-pyrrole nitrogens is 1. The number of non-ortho nitro benzene ring substituents is 1. The van der Waals surface area contributed by atoms with E-state index in [2.05, 4.69) is 10.3 Å². The maximum absolute atomic E-state index is 12.3. The summed E-state index contributed by atoms with van der Waals surface area (Å²) in [6, 6.07) is 13.0. The Kier molecular flexibility index (Phi) is 4.15.